The number of nitrogens with two attached hydrogens (primary N) is 5. The molecule has 2 saturated heterocycles. The number of hydrogen-bond acceptors (Lipinski definition) is 19. The Kier molecular flexibility index (Phi) is 33.0. The number of aromatic hydroxyl groups is 1. The van der Waals surface area contributed by atoms with Gasteiger partial charge in [-0.3, -0.25) is 67.3 Å². The van der Waals surface area contributed by atoms with E-state index < -0.39 is 175 Å². The van der Waals surface area contributed by atoms with Crippen molar-refractivity contribution in [1.82, 2.24) is 67.6 Å². The van der Waals surface area contributed by atoms with E-state index in [2.05, 4.69) is 62.8 Å². The number of amides is 12. The summed E-state index contributed by atoms with van der Waals surface area (Å²) < 4.78 is 0. The van der Waals surface area contributed by atoms with Crippen molar-refractivity contribution in [2.45, 2.75) is 190 Å². The third-order valence-corrected chi connectivity index (χ3v) is 16.9. The van der Waals surface area contributed by atoms with Crippen LogP contribution in [0, 0.1) is 5.92 Å². The number of hydrogen-bond donors (Lipinski definition) is 18. The first-order valence-corrected chi connectivity index (χ1v) is 33.8. The molecule has 0 unspecified atom stereocenters. The molecule has 2 aromatic carbocycles. The van der Waals surface area contributed by atoms with E-state index in [1.165, 1.54) is 53.5 Å². The first kappa shape index (κ1) is 81.9. The molecule has 12 amide bonds. The zero-order valence-corrected chi connectivity index (χ0v) is 57.4. The van der Waals surface area contributed by atoms with Crippen molar-refractivity contribution in [3.05, 3.63) is 83.9 Å². The topological polar surface area (TPSA) is 586 Å². The fourth-order valence-corrected chi connectivity index (χ4v) is 11.6. The number of aliphatic carboxylic acids is 2. The van der Waals surface area contributed by atoms with E-state index in [0.717, 1.165) is 0 Å². The van der Waals surface area contributed by atoms with Crippen molar-refractivity contribution < 1.29 is 82.4 Å². The van der Waals surface area contributed by atoms with Gasteiger partial charge in [0.15, 0.2) is 5.96 Å². The number of phenolic OH excluding ortho intramolecular Hbond substituents is 1. The van der Waals surface area contributed by atoms with E-state index >= 15 is 0 Å². The number of carboxylic acids is 2. The summed E-state index contributed by atoms with van der Waals surface area (Å²) in [6.45, 7) is 4.51. The lowest BCUT2D eigenvalue weighted by Gasteiger charge is -2.31. The zero-order chi connectivity index (χ0) is 75.2. The van der Waals surface area contributed by atoms with Gasteiger partial charge in [-0.15, -0.1) is 0 Å². The molecule has 23 N–H and O–H groups in total. The number of carbonyl (C=O) groups excluding carboxylic acids is 12. The second kappa shape index (κ2) is 41.1. The van der Waals surface area contributed by atoms with Gasteiger partial charge >= 0.3 is 11.9 Å². The van der Waals surface area contributed by atoms with Crippen molar-refractivity contribution in [2.24, 2.45) is 39.6 Å². The SMILES string of the molecule is CC(C)C[C@H](NC(=O)CNC(=O)[C@H](C)NC(=O)[C@@H]1CCCN1C(=O)[C@H](CCCN=C(N)N)NC(=O)[C@H](Cc1ccccc1)NC(=O)[C@H](Cc1cnc[nH]1)NC(=O)[C@@H](N)CC(N)=O)C(=O)N1CCC[C@H]1C(=O)N[C@@H](CCC(=O)O)C(=O)N[C@@H](CCCCN)C(=O)N[C@@H](Cc1ccc(O)cc1)C(=O)O. The van der Waals surface area contributed by atoms with Crippen molar-refractivity contribution in [3.8, 4) is 5.75 Å². The molecule has 5 rings (SSSR count). The minimum Gasteiger partial charge on any atom is -0.508 e. The van der Waals surface area contributed by atoms with Crippen LogP contribution in [0.25, 0.3) is 0 Å². The van der Waals surface area contributed by atoms with Crippen LogP contribution in [0.5, 0.6) is 5.75 Å². The molecule has 1 aromatic heterocycles. The highest BCUT2D eigenvalue weighted by atomic mass is 16.4. The Morgan fingerprint density at radius 1 is 0.598 bits per heavy atom. The van der Waals surface area contributed by atoms with Crippen molar-refractivity contribution in [3.63, 3.8) is 0 Å². The highest BCUT2D eigenvalue weighted by Gasteiger charge is 2.42. The number of aromatic amines is 1. The van der Waals surface area contributed by atoms with Crippen LogP contribution in [0.4, 0.5) is 0 Å². The fraction of sp³-hybridized carbons (Fsp3) is 0.545. The molecule has 2 aliphatic rings. The number of rotatable bonds is 42. The monoisotopic (exact) mass is 1430 g/mol. The number of benzene rings is 2. The first-order valence-electron chi connectivity index (χ1n) is 33.8. The summed E-state index contributed by atoms with van der Waals surface area (Å²) in [7, 11) is 0. The molecule has 36 heteroatoms. The standard InChI is InChI=1S/C66H97N19O17/c1-36(2)28-48(64(100)85-27-11-17-51(85)62(98)79-44(22-23-54(89)90)58(94)78-43(14-7-8-24-67)57(93)83-49(65(101)102)30-39-18-20-41(86)21-19-39)77-53(88)34-74-55(91)37(3)76-61(97)50-16-10-26-84(50)63(99)45(15-9-25-73-66(70)71)80-59(95)46(29-38-12-5-4-6-13-38)82-60(96)47(31-40-33-72-35-75-40)81-56(92)42(68)32-52(69)87/h4-6,12-13,18-21,33,35-37,42-51,86H,7-11,14-17,22-32,34,67-68H2,1-3H3,(H2,69,87)(H,72,75)(H,74,91)(H,76,97)(H,77,88)(H,78,94)(H,79,98)(H,80,95)(H,81,92)(H,82,96)(H,83,93)(H,89,90)(H,101,102)(H4,70,71,73)/t37-,42-,43-,44-,45-,46-,47-,48-,49-,50-,51-/m0/s1. The van der Waals surface area contributed by atoms with Gasteiger partial charge in [0.2, 0.25) is 70.9 Å². The number of phenols is 1. The van der Waals surface area contributed by atoms with E-state index in [0.29, 0.717) is 42.5 Å². The van der Waals surface area contributed by atoms with E-state index in [1.807, 2.05) is 0 Å². The number of carbonyl (C=O) groups is 14. The number of primary amides is 1. The number of nitrogens with one attached hydrogen (secondary N) is 10. The van der Waals surface area contributed by atoms with Crippen molar-refractivity contribution in [1.29, 1.82) is 0 Å². The van der Waals surface area contributed by atoms with Crippen LogP contribution in [0.2, 0.25) is 0 Å². The third-order valence-electron chi connectivity index (χ3n) is 16.9. The zero-order valence-electron chi connectivity index (χ0n) is 57.4. The van der Waals surface area contributed by atoms with Gasteiger partial charge in [0.1, 0.15) is 66.2 Å². The number of guanidine groups is 1. The summed E-state index contributed by atoms with van der Waals surface area (Å²) in [6.07, 6.45) is 2.35. The second-order valence-corrected chi connectivity index (χ2v) is 25.6. The maximum absolute atomic E-state index is 14.7. The fourth-order valence-electron chi connectivity index (χ4n) is 11.6. The highest BCUT2D eigenvalue weighted by molar-refractivity contribution is 5.99. The summed E-state index contributed by atoms with van der Waals surface area (Å²) in [5.41, 5.74) is 29.5. The van der Waals surface area contributed by atoms with E-state index in [4.69, 9.17) is 28.7 Å². The lowest BCUT2D eigenvalue weighted by molar-refractivity contribution is -0.143. The van der Waals surface area contributed by atoms with E-state index in [9.17, 15) is 82.4 Å². The van der Waals surface area contributed by atoms with Crippen molar-refractivity contribution in [2.75, 3.05) is 32.7 Å². The number of imidazole rings is 1. The largest absolute Gasteiger partial charge is 0.508 e. The van der Waals surface area contributed by atoms with Gasteiger partial charge in [-0.25, -0.2) is 9.78 Å². The smallest absolute Gasteiger partial charge is 0.326 e. The van der Waals surface area contributed by atoms with Crippen LogP contribution in [0.1, 0.15) is 121 Å². The van der Waals surface area contributed by atoms with Gasteiger partial charge in [0.25, 0.3) is 0 Å². The molecule has 102 heavy (non-hydrogen) atoms. The molecule has 0 aliphatic carbocycles. The predicted molar refractivity (Wildman–Crippen MR) is 366 cm³/mol. The molecule has 0 radical (unpaired) electrons. The third kappa shape index (κ3) is 27.0. The quantitative estimate of drug-likeness (QED) is 0.0144. The summed E-state index contributed by atoms with van der Waals surface area (Å²) in [4.78, 5) is 203. The number of aromatic nitrogens is 2. The molecule has 11 atom stereocenters. The summed E-state index contributed by atoms with van der Waals surface area (Å²) in [6, 6.07) is -0.727. The Morgan fingerprint density at radius 2 is 1.13 bits per heavy atom. The molecular weight excluding hydrogens is 1330 g/mol. The normalized spacial score (nSPS) is 16.7. The number of nitrogens with zero attached hydrogens (tertiary/aromatic N) is 4. The van der Waals surface area contributed by atoms with Gasteiger partial charge in [-0.05, 0) is 113 Å². The predicted octanol–water partition coefficient (Wildman–Crippen LogP) is -4.48. The van der Waals surface area contributed by atoms with Crippen LogP contribution >= 0.6 is 0 Å². The number of likely N-dealkylation sites (tertiary alicyclic amines) is 2. The number of carboxylic acid groups (broad SMARTS) is 2. The van der Waals surface area contributed by atoms with Crippen LogP contribution in [0.15, 0.2) is 72.1 Å². The molecule has 0 saturated carbocycles. The Bertz CT molecular complexity index is 3410. The maximum atomic E-state index is 14.7. The molecular formula is C66H97N19O17. The molecule has 2 fully saturated rings. The molecule has 0 spiro atoms. The van der Waals surface area contributed by atoms with E-state index in [-0.39, 0.29) is 102 Å². The highest BCUT2D eigenvalue weighted by Crippen LogP contribution is 2.23. The lowest BCUT2D eigenvalue weighted by atomic mass is 10.0. The Labute approximate surface area is 588 Å². The number of aliphatic imine (C=N–C) groups is 1. The Morgan fingerprint density at radius 3 is 1.70 bits per heavy atom. The minimum atomic E-state index is -1.57. The molecule has 2 aliphatic heterocycles. The summed E-state index contributed by atoms with van der Waals surface area (Å²) in [5, 5.41) is 52.5. The van der Waals surface area contributed by atoms with Gasteiger partial charge in [0.05, 0.1) is 25.3 Å². The van der Waals surface area contributed by atoms with Crippen LogP contribution < -0.4 is 76.5 Å². The minimum absolute atomic E-state index is 0.0244. The van der Waals surface area contributed by atoms with E-state index in [1.54, 1.807) is 44.2 Å². The Balaban J connectivity index is 1.24. The average Bonchev–Trinajstić information content (AvgIpc) is 1.58. The number of unbranched alkanes of at least 4 members (excludes halogenated alkanes) is 1. The van der Waals surface area contributed by atoms with Crippen LogP contribution in [-0.4, -0.2) is 223 Å². The van der Waals surface area contributed by atoms with Crippen LogP contribution in [-0.2, 0) is 86.4 Å². The van der Waals surface area contributed by atoms with Gasteiger partial charge in [-0.2, -0.15) is 0 Å². The first-order chi connectivity index (χ1) is 48.4. The number of H-pyrrole nitrogens is 1. The molecule has 558 valence electrons. The average molecular weight is 1430 g/mol. The van der Waals surface area contributed by atoms with Gasteiger partial charge in [0, 0.05) is 57.2 Å². The van der Waals surface area contributed by atoms with Crippen molar-refractivity contribution >= 4 is 88.8 Å². The second-order valence-electron chi connectivity index (χ2n) is 25.6. The maximum Gasteiger partial charge on any atom is 0.326 e. The summed E-state index contributed by atoms with van der Waals surface area (Å²) >= 11 is 0. The molecule has 0 bridgehead atoms. The van der Waals surface area contributed by atoms with Gasteiger partial charge < -0.3 is 107 Å². The lowest BCUT2D eigenvalue weighted by Crippen LogP contribution is -2.60. The molecule has 36 nitrogen and oxygen atoms in total. The van der Waals surface area contributed by atoms with Gasteiger partial charge in [-0.1, -0.05) is 56.3 Å². The molecule has 3 aromatic rings. The summed E-state index contributed by atoms with van der Waals surface area (Å²) in [5.74, 6) is -13.2. The Hall–Kier alpha value is -10.8. The molecule has 3 heterocycles. The van der Waals surface area contributed by atoms with Crippen LogP contribution in [0.3, 0.4) is 0 Å².